The summed E-state index contributed by atoms with van der Waals surface area (Å²) >= 11 is 0. The molecule has 0 saturated heterocycles. The van der Waals surface area contributed by atoms with E-state index in [1.165, 1.54) is 0 Å². The standard InChI is InChI=1S/C21H19N3O3/c1-13-10-16-17(12-20(13)26-3)23-8-6-19(16)27-15-4-5-18-14(11-15)7-9-24(18)21(25)22-2/h4-12H,1-3H3,(H,22,25). The average Bonchev–Trinajstić information content (AvgIpc) is 3.10. The van der Waals surface area contributed by atoms with Crippen LogP contribution in [0.5, 0.6) is 17.2 Å². The van der Waals surface area contributed by atoms with Crippen LogP contribution < -0.4 is 14.8 Å². The lowest BCUT2D eigenvalue weighted by molar-refractivity contribution is 0.245. The van der Waals surface area contributed by atoms with Crippen LogP contribution in [0.3, 0.4) is 0 Å². The van der Waals surface area contributed by atoms with Gasteiger partial charge in [-0.2, -0.15) is 0 Å². The summed E-state index contributed by atoms with van der Waals surface area (Å²) < 4.78 is 13.1. The fourth-order valence-corrected chi connectivity index (χ4v) is 3.17. The predicted octanol–water partition coefficient (Wildman–Crippen LogP) is 4.49. The number of hydrogen-bond donors (Lipinski definition) is 1. The highest BCUT2D eigenvalue weighted by molar-refractivity contribution is 5.92. The maximum atomic E-state index is 11.9. The lowest BCUT2D eigenvalue weighted by atomic mass is 10.1. The molecular weight excluding hydrogens is 342 g/mol. The lowest BCUT2D eigenvalue weighted by Gasteiger charge is -2.11. The van der Waals surface area contributed by atoms with Gasteiger partial charge in [0.15, 0.2) is 0 Å². The minimum Gasteiger partial charge on any atom is -0.496 e. The minimum absolute atomic E-state index is 0.178. The Hall–Kier alpha value is -3.54. The van der Waals surface area contributed by atoms with Crippen LogP contribution in [0.15, 0.2) is 54.9 Å². The first-order chi connectivity index (χ1) is 13.1. The highest BCUT2D eigenvalue weighted by Gasteiger charge is 2.11. The Morgan fingerprint density at radius 2 is 1.96 bits per heavy atom. The van der Waals surface area contributed by atoms with E-state index in [2.05, 4.69) is 10.3 Å². The molecule has 4 aromatic rings. The first-order valence-corrected chi connectivity index (χ1v) is 8.55. The predicted molar refractivity (Wildman–Crippen MR) is 105 cm³/mol. The van der Waals surface area contributed by atoms with Crippen LogP contribution in [0.25, 0.3) is 21.8 Å². The van der Waals surface area contributed by atoms with Gasteiger partial charge in [0.2, 0.25) is 0 Å². The van der Waals surface area contributed by atoms with Crippen LogP contribution in [-0.2, 0) is 0 Å². The maximum absolute atomic E-state index is 11.9. The van der Waals surface area contributed by atoms with Crippen LogP contribution in [-0.4, -0.2) is 29.7 Å². The molecule has 6 nitrogen and oxygen atoms in total. The molecule has 0 spiro atoms. The number of amides is 1. The largest absolute Gasteiger partial charge is 0.496 e. The van der Waals surface area contributed by atoms with Gasteiger partial charge in [0.1, 0.15) is 17.2 Å². The van der Waals surface area contributed by atoms with Crippen molar-refractivity contribution < 1.29 is 14.3 Å². The van der Waals surface area contributed by atoms with E-state index in [1.54, 1.807) is 31.1 Å². The molecule has 4 rings (SSSR count). The van der Waals surface area contributed by atoms with Crippen LogP contribution in [0.1, 0.15) is 5.56 Å². The van der Waals surface area contributed by atoms with E-state index < -0.39 is 0 Å². The molecule has 6 heteroatoms. The Kier molecular flexibility index (Phi) is 4.16. The third-order valence-electron chi connectivity index (χ3n) is 4.54. The zero-order valence-corrected chi connectivity index (χ0v) is 15.3. The van der Waals surface area contributed by atoms with Gasteiger partial charge in [0, 0.05) is 36.3 Å². The van der Waals surface area contributed by atoms with Gasteiger partial charge in [-0.1, -0.05) is 0 Å². The number of pyridine rings is 1. The SMILES string of the molecule is CNC(=O)n1ccc2cc(Oc3ccnc4cc(OC)c(C)cc34)ccc21. The van der Waals surface area contributed by atoms with E-state index in [4.69, 9.17) is 9.47 Å². The van der Waals surface area contributed by atoms with E-state index in [0.29, 0.717) is 5.75 Å². The van der Waals surface area contributed by atoms with Gasteiger partial charge >= 0.3 is 6.03 Å². The minimum atomic E-state index is -0.178. The van der Waals surface area contributed by atoms with Crippen molar-refractivity contribution in [3.63, 3.8) is 0 Å². The fraction of sp³-hybridized carbons (Fsp3) is 0.143. The van der Waals surface area contributed by atoms with Crippen molar-refractivity contribution in [1.82, 2.24) is 14.9 Å². The highest BCUT2D eigenvalue weighted by atomic mass is 16.5. The van der Waals surface area contributed by atoms with Gasteiger partial charge in [0.25, 0.3) is 0 Å². The summed E-state index contributed by atoms with van der Waals surface area (Å²) in [6.45, 7) is 1.99. The summed E-state index contributed by atoms with van der Waals surface area (Å²) in [5, 5.41) is 4.46. The highest BCUT2D eigenvalue weighted by Crippen LogP contribution is 2.33. The monoisotopic (exact) mass is 361 g/mol. The number of benzene rings is 2. The summed E-state index contributed by atoms with van der Waals surface area (Å²) in [4.78, 5) is 16.3. The van der Waals surface area contributed by atoms with E-state index in [-0.39, 0.29) is 6.03 Å². The Balaban J connectivity index is 1.74. The Morgan fingerprint density at radius 3 is 2.74 bits per heavy atom. The number of hydrogen-bond acceptors (Lipinski definition) is 4. The zero-order valence-electron chi connectivity index (χ0n) is 15.3. The van der Waals surface area contributed by atoms with Gasteiger partial charge in [-0.25, -0.2) is 4.79 Å². The smallest absolute Gasteiger partial charge is 0.325 e. The van der Waals surface area contributed by atoms with E-state index >= 15 is 0 Å². The third-order valence-corrected chi connectivity index (χ3v) is 4.54. The van der Waals surface area contributed by atoms with E-state index in [9.17, 15) is 4.79 Å². The van der Waals surface area contributed by atoms with Gasteiger partial charge in [0.05, 0.1) is 18.1 Å². The molecule has 27 heavy (non-hydrogen) atoms. The quantitative estimate of drug-likeness (QED) is 0.584. The number of aromatic nitrogens is 2. The summed E-state index contributed by atoms with van der Waals surface area (Å²) in [5.41, 5.74) is 2.64. The molecule has 0 unspecified atom stereocenters. The van der Waals surface area contributed by atoms with Crippen molar-refractivity contribution in [2.24, 2.45) is 0 Å². The summed E-state index contributed by atoms with van der Waals surface area (Å²) in [7, 11) is 3.26. The Labute approximate surface area is 156 Å². The summed E-state index contributed by atoms with van der Waals surface area (Å²) in [6.07, 6.45) is 3.46. The summed E-state index contributed by atoms with van der Waals surface area (Å²) in [6, 6.07) is 13.1. The van der Waals surface area contributed by atoms with E-state index in [0.717, 1.165) is 38.9 Å². The van der Waals surface area contributed by atoms with Crippen molar-refractivity contribution in [2.45, 2.75) is 6.92 Å². The fourth-order valence-electron chi connectivity index (χ4n) is 3.17. The molecule has 0 radical (unpaired) electrons. The van der Waals surface area contributed by atoms with Crippen LogP contribution in [0.2, 0.25) is 0 Å². The number of fused-ring (bicyclic) bond motifs is 2. The number of carbonyl (C=O) groups is 1. The third kappa shape index (κ3) is 2.95. The maximum Gasteiger partial charge on any atom is 0.325 e. The second-order valence-corrected chi connectivity index (χ2v) is 6.21. The normalized spacial score (nSPS) is 10.9. The molecule has 2 heterocycles. The number of aryl methyl sites for hydroxylation is 1. The second kappa shape index (κ2) is 6.64. The van der Waals surface area contributed by atoms with Gasteiger partial charge in [-0.3, -0.25) is 9.55 Å². The number of nitrogens with one attached hydrogen (secondary N) is 1. The second-order valence-electron chi connectivity index (χ2n) is 6.21. The number of rotatable bonds is 3. The number of methoxy groups -OCH3 is 1. The molecule has 2 aromatic heterocycles. The van der Waals surface area contributed by atoms with Crippen molar-refractivity contribution in [1.29, 1.82) is 0 Å². The molecule has 1 amide bonds. The number of nitrogens with zero attached hydrogens (tertiary/aromatic N) is 2. The molecular formula is C21H19N3O3. The molecule has 136 valence electrons. The number of carbonyl (C=O) groups excluding carboxylic acids is 1. The molecule has 2 aromatic carbocycles. The Morgan fingerprint density at radius 1 is 1.11 bits per heavy atom. The molecule has 0 atom stereocenters. The molecule has 0 aliphatic rings. The molecule has 0 aliphatic heterocycles. The molecule has 0 aliphatic carbocycles. The number of ether oxygens (including phenoxy) is 2. The molecule has 0 saturated carbocycles. The molecule has 1 N–H and O–H groups in total. The van der Waals surface area contributed by atoms with Crippen LogP contribution in [0.4, 0.5) is 4.79 Å². The van der Waals surface area contributed by atoms with E-state index in [1.807, 2.05) is 49.4 Å². The van der Waals surface area contributed by atoms with Crippen molar-refractivity contribution >= 4 is 27.8 Å². The summed E-state index contributed by atoms with van der Waals surface area (Å²) in [5.74, 6) is 2.21. The van der Waals surface area contributed by atoms with Crippen molar-refractivity contribution in [2.75, 3.05) is 14.2 Å². The van der Waals surface area contributed by atoms with Crippen molar-refractivity contribution in [3.8, 4) is 17.2 Å². The Bertz CT molecular complexity index is 1160. The first-order valence-electron chi connectivity index (χ1n) is 8.55. The topological polar surface area (TPSA) is 65.4 Å². The van der Waals surface area contributed by atoms with Gasteiger partial charge in [-0.05, 0) is 48.9 Å². The first kappa shape index (κ1) is 16.9. The average molecular weight is 361 g/mol. The molecule has 0 fully saturated rings. The zero-order chi connectivity index (χ0) is 19.0. The van der Waals surface area contributed by atoms with Crippen LogP contribution >= 0.6 is 0 Å². The van der Waals surface area contributed by atoms with Crippen molar-refractivity contribution in [3.05, 3.63) is 60.4 Å². The van der Waals surface area contributed by atoms with Gasteiger partial charge in [-0.15, -0.1) is 0 Å². The molecule has 0 bridgehead atoms. The lowest BCUT2D eigenvalue weighted by Crippen LogP contribution is -2.23. The van der Waals surface area contributed by atoms with Crippen LogP contribution in [0, 0.1) is 6.92 Å². The van der Waals surface area contributed by atoms with Gasteiger partial charge < -0.3 is 14.8 Å².